The lowest BCUT2D eigenvalue weighted by Crippen LogP contribution is -2.45. The van der Waals surface area contributed by atoms with Crippen LogP contribution in [-0.2, 0) is 0 Å². The number of carbonyl (C=O) groups is 1. The zero-order valence-corrected chi connectivity index (χ0v) is 14.3. The van der Waals surface area contributed by atoms with Crippen LogP contribution in [0.5, 0.6) is 0 Å². The first-order valence-corrected chi connectivity index (χ1v) is 8.25. The van der Waals surface area contributed by atoms with Crippen molar-refractivity contribution in [2.75, 3.05) is 27.2 Å². The zero-order chi connectivity index (χ0) is 16.1. The van der Waals surface area contributed by atoms with E-state index in [9.17, 15) is 4.79 Å². The third kappa shape index (κ3) is 4.50. The second-order valence-corrected chi connectivity index (χ2v) is 6.54. The maximum absolute atomic E-state index is 13.0. The molecule has 1 aromatic heterocycles. The van der Waals surface area contributed by atoms with Gasteiger partial charge in [0, 0.05) is 24.8 Å². The van der Waals surface area contributed by atoms with Crippen molar-refractivity contribution < 1.29 is 4.79 Å². The smallest absolute Gasteiger partial charge is 0.272 e. The second kappa shape index (κ2) is 7.68. The Morgan fingerprint density at radius 3 is 2.41 bits per heavy atom. The molecule has 0 radical (unpaired) electrons. The van der Waals surface area contributed by atoms with Gasteiger partial charge in [0.2, 0.25) is 0 Å². The van der Waals surface area contributed by atoms with Crippen LogP contribution < -0.4 is 0 Å². The Morgan fingerprint density at radius 2 is 1.82 bits per heavy atom. The predicted octanol–water partition coefficient (Wildman–Crippen LogP) is 2.43. The van der Waals surface area contributed by atoms with Crippen LogP contribution in [0.2, 0.25) is 0 Å². The largest absolute Gasteiger partial charge is 0.333 e. The molecule has 2 rings (SSSR count). The fraction of sp³-hybridized carbons (Fsp3) is 0.706. The number of aromatic nitrogens is 2. The van der Waals surface area contributed by atoms with Crippen LogP contribution in [-0.4, -0.2) is 58.9 Å². The van der Waals surface area contributed by atoms with Gasteiger partial charge in [-0.2, -0.15) is 0 Å². The molecule has 0 aromatic carbocycles. The van der Waals surface area contributed by atoms with Gasteiger partial charge in [0.05, 0.1) is 0 Å². The summed E-state index contributed by atoms with van der Waals surface area (Å²) in [5.41, 5.74) is 1.39. The summed E-state index contributed by atoms with van der Waals surface area (Å²) in [6.07, 6.45) is 5.96. The van der Waals surface area contributed by atoms with E-state index in [0.717, 1.165) is 31.6 Å². The molecule has 22 heavy (non-hydrogen) atoms. The van der Waals surface area contributed by atoms with Crippen molar-refractivity contribution in [1.82, 2.24) is 19.8 Å². The van der Waals surface area contributed by atoms with E-state index in [1.165, 1.54) is 19.3 Å². The lowest BCUT2D eigenvalue weighted by Gasteiger charge is -2.35. The highest BCUT2D eigenvalue weighted by molar-refractivity contribution is 5.92. The first-order chi connectivity index (χ1) is 10.5. The van der Waals surface area contributed by atoms with Crippen molar-refractivity contribution in [3.05, 3.63) is 23.3 Å². The summed E-state index contributed by atoms with van der Waals surface area (Å²) < 4.78 is 0. The van der Waals surface area contributed by atoms with Crippen molar-refractivity contribution in [2.24, 2.45) is 0 Å². The van der Waals surface area contributed by atoms with E-state index < -0.39 is 0 Å². The van der Waals surface area contributed by atoms with Crippen LogP contribution in [0, 0.1) is 13.8 Å². The standard InChI is InChI=1S/C17H28N4O/c1-13-12-16(19-14(2)18-13)17(22)21(11-10-20(3)4)15-8-6-5-7-9-15/h12,15H,5-11H2,1-4H3. The molecule has 1 fully saturated rings. The van der Waals surface area contributed by atoms with Crippen LogP contribution in [0.1, 0.15) is 54.1 Å². The van der Waals surface area contributed by atoms with Crippen molar-refractivity contribution in [2.45, 2.75) is 52.0 Å². The lowest BCUT2D eigenvalue weighted by molar-refractivity contribution is 0.0611. The molecule has 1 heterocycles. The topological polar surface area (TPSA) is 49.3 Å². The number of hydrogen-bond acceptors (Lipinski definition) is 4. The summed E-state index contributed by atoms with van der Waals surface area (Å²) in [5, 5.41) is 0. The molecule has 122 valence electrons. The van der Waals surface area contributed by atoms with Gasteiger partial charge in [-0.1, -0.05) is 19.3 Å². The number of rotatable bonds is 5. The molecule has 1 aliphatic rings. The molecule has 0 unspecified atom stereocenters. The summed E-state index contributed by atoms with van der Waals surface area (Å²) in [5.74, 6) is 0.724. The van der Waals surface area contributed by atoms with Gasteiger partial charge < -0.3 is 9.80 Å². The minimum atomic E-state index is 0.0577. The number of amides is 1. The third-order valence-corrected chi connectivity index (χ3v) is 4.25. The quantitative estimate of drug-likeness (QED) is 0.838. The Bertz CT molecular complexity index is 489. The molecule has 1 aliphatic carbocycles. The fourth-order valence-electron chi connectivity index (χ4n) is 3.12. The highest BCUT2D eigenvalue weighted by Gasteiger charge is 2.27. The first-order valence-electron chi connectivity index (χ1n) is 8.25. The Hall–Kier alpha value is -1.49. The van der Waals surface area contributed by atoms with Gasteiger partial charge >= 0.3 is 0 Å². The normalized spacial score (nSPS) is 16.0. The van der Waals surface area contributed by atoms with Gasteiger partial charge in [0.1, 0.15) is 11.5 Å². The van der Waals surface area contributed by atoms with Gasteiger partial charge in [-0.05, 0) is 46.9 Å². The molecule has 0 spiro atoms. The summed E-state index contributed by atoms with van der Waals surface area (Å²) in [6.45, 7) is 5.40. The van der Waals surface area contributed by atoms with E-state index in [-0.39, 0.29) is 5.91 Å². The average Bonchev–Trinajstić information content (AvgIpc) is 2.47. The molecule has 0 N–H and O–H groups in total. The average molecular weight is 304 g/mol. The molecule has 5 nitrogen and oxygen atoms in total. The number of likely N-dealkylation sites (N-methyl/N-ethyl adjacent to an activating group) is 1. The fourth-order valence-corrected chi connectivity index (χ4v) is 3.12. The van der Waals surface area contributed by atoms with E-state index in [1.807, 2.05) is 32.8 Å². The minimum absolute atomic E-state index is 0.0577. The molecule has 0 bridgehead atoms. The Labute approximate surface area is 133 Å². The number of hydrogen-bond donors (Lipinski definition) is 0. The SMILES string of the molecule is Cc1cc(C(=O)N(CCN(C)C)C2CCCCC2)nc(C)n1. The van der Waals surface area contributed by atoms with Crippen LogP contribution in [0.3, 0.4) is 0 Å². The van der Waals surface area contributed by atoms with E-state index >= 15 is 0 Å². The molecule has 0 atom stereocenters. The van der Waals surface area contributed by atoms with Crippen molar-refractivity contribution in [1.29, 1.82) is 0 Å². The maximum atomic E-state index is 13.0. The molecule has 1 saturated carbocycles. The van der Waals surface area contributed by atoms with Gasteiger partial charge in [0.25, 0.3) is 5.91 Å². The predicted molar refractivity (Wildman–Crippen MR) is 88.0 cm³/mol. The molecule has 5 heteroatoms. The lowest BCUT2D eigenvalue weighted by atomic mass is 9.94. The first kappa shape index (κ1) is 16.9. The van der Waals surface area contributed by atoms with Crippen molar-refractivity contribution in [3.63, 3.8) is 0 Å². The Balaban J connectivity index is 2.19. The molecule has 0 saturated heterocycles. The zero-order valence-electron chi connectivity index (χ0n) is 14.3. The monoisotopic (exact) mass is 304 g/mol. The Morgan fingerprint density at radius 1 is 1.14 bits per heavy atom. The van der Waals surface area contributed by atoms with Crippen LogP contribution in [0.4, 0.5) is 0 Å². The number of nitrogens with zero attached hydrogens (tertiary/aromatic N) is 4. The van der Waals surface area contributed by atoms with Gasteiger partial charge in [-0.15, -0.1) is 0 Å². The molecular weight excluding hydrogens is 276 g/mol. The van der Waals surface area contributed by atoms with Crippen molar-refractivity contribution in [3.8, 4) is 0 Å². The van der Waals surface area contributed by atoms with E-state index in [4.69, 9.17) is 0 Å². The molecule has 0 aliphatic heterocycles. The molecule has 1 amide bonds. The van der Waals surface area contributed by atoms with Gasteiger partial charge in [-0.3, -0.25) is 4.79 Å². The summed E-state index contributed by atoms with van der Waals surface area (Å²) in [6, 6.07) is 2.16. The second-order valence-electron chi connectivity index (χ2n) is 6.54. The summed E-state index contributed by atoms with van der Waals surface area (Å²) in [7, 11) is 4.09. The van der Waals surface area contributed by atoms with Gasteiger partial charge in [-0.25, -0.2) is 9.97 Å². The van der Waals surface area contributed by atoms with Crippen LogP contribution >= 0.6 is 0 Å². The summed E-state index contributed by atoms with van der Waals surface area (Å²) in [4.78, 5) is 25.8. The molecule has 1 aromatic rings. The van der Waals surface area contributed by atoms with E-state index in [1.54, 1.807) is 6.07 Å². The van der Waals surface area contributed by atoms with Crippen LogP contribution in [0.15, 0.2) is 6.07 Å². The molecular formula is C17H28N4O. The number of aryl methyl sites for hydroxylation is 2. The van der Waals surface area contributed by atoms with E-state index in [0.29, 0.717) is 17.6 Å². The number of carbonyl (C=O) groups excluding carboxylic acids is 1. The third-order valence-electron chi connectivity index (χ3n) is 4.25. The maximum Gasteiger partial charge on any atom is 0.272 e. The van der Waals surface area contributed by atoms with E-state index in [2.05, 4.69) is 14.9 Å². The van der Waals surface area contributed by atoms with Crippen LogP contribution in [0.25, 0.3) is 0 Å². The van der Waals surface area contributed by atoms with Gasteiger partial charge in [0.15, 0.2) is 0 Å². The summed E-state index contributed by atoms with van der Waals surface area (Å²) >= 11 is 0. The highest BCUT2D eigenvalue weighted by Crippen LogP contribution is 2.23. The Kier molecular flexibility index (Phi) is 5.89. The highest BCUT2D eigenvalue weighted by atomic mass is 16.2. The van der Waals surface area contributed by atoms with Crippen molar-refractivity contribution >= 4 is 5.91 Å². The minimum Gasteiger partial charge on any atom is -0.333 e.